The molecule has 0 amide bonds. The molecule has 1 aliphatic heterocycles. The van der Waals surface area contributed by atoms with Crippen LogP contribution in [0.2, 0.25) is 5.04 Å². The SMILES string of the molecule is COc1ccc(COCC[C@@H]2OC(C)(C)O[C@H]2[C@H](O)/C=C/C/C(C)=C\CO[Si](c2ccccc2)(c2ccccc2)C(C)(C)C)cc1. The second kappa shape index (κ2) is 16.2. The quantitative estimate of drug-likeness (QED) is 0.110. The average molecular weight is 645 g/mol. The Kier molecular flexibility index (Phi) is 12.6. The van der Waals surface area contributed by atoms with E-state index in [4.69, 9.17) is 23.4 Å². The zero-order valence-electron chi connectivity index (χ0n) is 28.6. The van der Waals surface area contributed by atoms with E-state index < -0.39 is 26.3 Å². The molecule has 46 heavy (non-hydrogen) atoms. The summed E-state index contributed by atoms with van der Waals surface area (Å²) in [6.45, 7) is 14.2. The minimum atomic E-state index is -2.59. The van der Waals surface area contributed by atoms with Crippen LogP contribution in [0, 0.1) is 0 Å². The maximum Gasteiger partial charge on any atom is 0.261 e. The lowest BCUT2D eigenvalue weighted by Crippen LogP contribution is -2.66. The van der Waals surface area contributed by atoms with Crippen LogP contribution < -0.4 is 15.1 Å². The van der Waals surface area contributed by atoms with E-state index >= 15 is 0 Å². The van der Waals surface area contributed by atoms with E-state index in [1.54, 1.807) is 7.11 Å². The Labute approximate surface area is 277 Å². The van der Waals surface area contributed by atoms with E-state index in [-0.39, 0.29) is 11.1 Å². The van der Waals surface area contributed by atoms with Gasteiger partial charge in [0.25, 0.3) is 8.32 Å². The van der Waals surface area contributed by atoms with E-state index in [9.17, 15) is 5.11 Å². The first-order valence-electron chi connectivity index (χ1n) is 16.3. The largest absolute Gasteiger partial charge is 0.497 e. The first-order valence-corrected chi connectivity index (χ1v) is 18.2. The van der Waals surface area contributed by atoms with E-state index in [1.165, 1.54) is 15.9 Å². The van der Waals surface area contributed by atoms with E-state index in [2.05, 4.69) is 94.4 Å². The van der Waals surface area contributed by atoms with Gasteiger partial charge in [-0.3, -0.25) is 0 Å². The van der Waals surface area contributed by atoms with Crippen molar-refractivity contribution in [3.8, 4) is 5.75 Å². The Morgan fingerprint density at radius 3 is 2.11 bits per heavy atom. The molecular weight excluding hydrogens is 593 g/mol. The second-order valence-electron chi connectivity index (χ2n) is 13.5. The van der Waals surface area contributed by atoms with Crippen LogP contribution in [0.15, 0.2) is 109 Å². The zero-order valence-corrected chi connectivity index (χ0v) is 29.6. The Morgan fingerprint density at radius 2 is 1.54 bits per heavy atom. The van der Waals surface area contributed by atoms with Gasteiger partial charge in [0.1, 0.15) is 18.0 Å². The minimum Gasteiger partial charge on any atom is -0.497 e. The summed E-state index contributed by atoms with van der Waals surface area (Å²) in [5.41, 5.74) is 2.25. The van der Waals surface area contributed by atoms with Crippen LogP contribution in [0.3, 0.4) is 0 Å². The Balaban J connectivity index is 1.34. The number of ether oxygens (including phenoxy) is 4. The maximum atomic E-state index is 11.1. The van der Waals surface area contributed by atoms with Gasteiger partial charge in [-0.25, -0.2) is 0 Å². The fourth-order valence-corrected chi connectivity index (χ4v) is 10.6. The van der Waals surface area contributed by atoms with Crippen molar-refractivity contribution in [3.05, 3.63) is 114 Å². The topological polar surface area (TPSA) is 66.4 Å². The molecule has 1 aliphatic rings. The summed E-state index contributed by atoms with van der Waals surface area (Å²) in [6, 6.07) is 29.2. The summed E-state index contributed by atoms with van der Waals surface area (Å²) < 4.78 is 30.4. The molecule has 3 atom stereocenters. The fraction of sp³-hybridized carbons (Fsp3) is 0.436. The highest BCUT2D eigenvalue weighted by Gasteiger charge is 2.50. The van der Waals surface area contributed by atoms with E-state index in [0.717, 1.165) is 11.3 Å². The van der Waals surface area contributed by atoms with Crippen molar-refractivity contribution >= 4 is 18.7 Å². The molecule has 0 saturated carbocycles. The van der Waals surface area contributed by atoms with Gasteiger partial charge in [0.15, 0.2) is 5.79 Å². The monoisotopic (exact) mass is 644 g/mol. The summed E-state index contributed by atoms with van der Waals surface area (Å²) in [5, 5.41) is 13.6. The molecule has 3 aromatic carbocycles. The van der Waals surface area contributed by atoms with Crippen molar-refractivity contribution in [2.24, 2.45) is 0 Å². The number of aliphatic hydroxyl groups excluding tert-OH is 1. The van der Waals surface area contributed by atoms with Crippen molar-refractivity contribution in [1.29, 1.82) is 0 Å². The van der Waals surface area contributed by atoms with Crippen molar-refractivity contribution < 1.29 is 28.5 Å². The third-order valence-electron chi connectivity index (χ3n) is 8.45. The molecule has 3 aromatic rings. The highest BCUT2D eigenvalue weighted by atomic mass is 28.4. The van der Waals surface area contributed by atoms with E-state index in [1.807, 2.05) is 50.3 Å². The summed E-state index contributed by atoms with van der Waals surface area (Å²) >= 11 is 0. The number of benzene rings is 3. The maximum absolute atomic E-state index is 11.1. The summed E-state index contributed by atoms with van der Waals surface area (Å²) in [7, 11) is -0.936. The van der Waals surface area contributed by atoms with Crippen LogP contribution in [0.4, 0.5) is 0 Å². The molecule has 0 unspecified atom stereocenters. The number of aliphatic hydroxyl groups is 1. The Hall–Kier alpha value is -3.04. The van der Waals surface area contributed by atoms with Gasteiger partial charge in [-0.2, -0.15) is 0 Å². The van der Waals surface area contributed by atoms with Crippen LogP contribution in [0.5, 0.6) is 5.75 Å². The molecule has 0 bridgehead atoms. The number of rotatable bonds is 15. The van der Waals surface area contributed by atoms with Gasteiger partial charge in [0.05, 0.1) is 26.4 Å². The number of methoxy groups -OCH3 is 1. The van der Waals surface area contributed by atoms with Crippen LogP contribution in [-0.2, 0) is 25.2 Å². The molecular formula is C39H52O6Si. The molecule has 0 radical (unpaired) electrons. The molecule has 0 spiro atoms. The number of hydrogen-bond donors (Lipinski definition) is 1. The molecule has 248 valence electrons. The Bertz CT molecular complexity index is 1360. The summed E-state index contributed by atoms with van der Waals surface area (Å²) in [5.74, 6) is 0.0514. The van der Waals surface area contributed by atoms with Crippen LogP contribution >= 0.6 is 0 Å². The van der Waals surface area contributed by atoms with Gasteiger partial charge < -0.3 is 28.5 Å². The summed E-state index contributed by atoms with van der Waals surface area (Å²) in [6.07, 6.45) is 5.76. The first kappa shape index (κ1) is 35.8. The lowest BCUT2D eigenvalue weighted by Gasteiger charge is -2.42. The van der Waals surface area contributed by atoms with Crippen molar-refractivity contribution in [3.63, 3.8) is 0 Å². The van der Waals surface area contributed by atoms with Crippen molar-refractivity contribution in [2.45, 2.75) is 90.1 Å². The fourth-order valence-electron chi connectivity index (χ4n) is 6.14. The molecule has 6 nitrogen and oxygen atoms in total. The normalized spacial score (nSPS) is 19.4. The summed E-state index contributed by atoms with van der Waals surface area (Å²) in [4.78, 5) is 0. The van der Waals surface area contributed by atoms with Gasteiger partial charge in [-0.15, -0.1) is 0 Å². The smallest absolute Gasteiger partial charge is 0.261 e. The molecule has 4 rings (SSSR count). The predicted octanol–water partition coefficient (Wildman–Crippen LogP) is 6.95. The molecule has 0 aromatic heterocycles. The highest BCUT2D eigenvalue weighted by Crippen LogP contribution is 2.37. The van der Waals surface area contributed by atoms with Crippen LogP contribution in [-0.4, -0.2) is 57.8 Å². The van der Waals surface area contributed by atoms with E-state index in [0.29, 0.717) is 32.7 Å². The predicted molar refractivity (Wildman–Crippen MR) is 188 cm³/mol. The van der Waals surface area contributed by atoms with Gasteiger partial charge in [0.2, 0.25) is 0 Å². The van der Waals surface area contributed by atoms with Crippen molar-refractivity contribution in [2.75, 3.05) is 20.3 Å². The minimum absolute atomic E-state index is 0.0736. The van der Waals surface area contributed by atoms with Gasteiger partial charge in [-0.05, 0) is 66.7 Å². The molecule has 1 N–H and O–H groups in total. The van der Waals surface area contributed by atoms with Gasteiger partial charge in [0, 0.05) is 6.61 Å². The lowest BCUT2D eigenvalue weighted by molar-refractivity contribution is -0.153. The highest BCUT2D eigenvalue weighted by molar-refractivity contribution is 6.99. The zero-order chi connectivity index (χ0) is 33.2. The second-order valence-corrected chi connectivity index (χ2v) is 17.8. The average Bonchev–Trinajstić information content (AvgIpc) is 3.36. The first-order chi connectivity index (χ1) is 21.9. The molecule has 7 heteroatoms. The Morgan fingerprint density at radius 1 is 0.935 bits per heavy atom. The molecule has 1 fully saturated rings. The van der Waals surface area contributed by atoms with Crippen LogP contribution in [0.25, 0.3) is 0 Å². The van der Waals surface area contributed by atoms with Gasteiger partial charge in [-0.1, -0.05) is 117 Å². The molecule has 0 aliphatic carbocycles. The third kappa shape index (κ3) is 9.28. The molecule has 1 heterocycles. The lowest BCUT2D eigenvalue weighted by atomic mass is 10.0. The number of hydrogen-bond acceptors (Lipinski definition) is 6. The molecule has 1 saturated heterocycles. The standard InChI is InChI=1S/C39H52O6Si/c1-30(25-28-43-46(38(2,3)4,33-16-10-8-11-17-33)34-18-12-9-13-19-34)15-14-20-35(40)37-36(44-39(5,6)45-37)26-27-42-29-31-21-23-32(41-7)24-22-31/h8-14,16-25,35-37,40H,15,26-29H2,1-7H3/b20-14+,30-25-/t35-,36+,37+/m1/s1. The van der Waals surface area contributed by atoms with Crippen molar-refractivity contribution in [1.82, 2.24) is 0 Å². The third-order valence-corrected chi connectivity index (χ3v) is 13.5. The van der Waals surface area contributed by atoms with Gasteiger partial charge >= 0.3 is 0 Å². The number of allylic oxidation sites excluding steroid dienone is 2. The van der Waals surface area contributed by atoms with Crippen LogP contribution in [0.1, 0.15) is 59.9 Å².